The zero-order chi connectivity index (χ0) is 6.32. The van der Waals surface area contributed by atoms with Gasteiger partial charge in [-0.2, -0.15) is 0 Å². The normalized spacial score (nSPS) is 21.9. The van der Waals surface area contributed by atoms with Crippen LogP contribution in [0.15, 0.2) is 11.7 Å². The van der Waals surface area contributed by atoms with Crippen molar-refractivity contribution in [2.24, 2.45) is 0 Å². The molecule has 1 aliphatic rings. The first kappa shape index (κ1) is 5.42. The van der Waals surface area contributed by atoms with Crippen LogP contribution in [0, 0.1) is 0 Å². The van der Waals surface area contributed by atoms with E-state index in [4.69, 9.17) is 0 Å². The van der Waals surface area contributed by atoms with Crippen LogP contribution in [0.1, 0.15) is 24.6 Å². The van der Waals surface area contributed by atoms with Crippen LogP contribution >= 0.6 is 11.3 Å². The van der Waals surface area contributed by atoms with Gasteiger partial charge in [0.05, 0.1) is 5.51 Å². The molecule has 9 heavy (non-hydrogen) atoms. The van der Waals surface area contributed by atoms with Crippen LogP contribution in [0.4, 0.5) is 0 Å². The fourth-order valence-corrected chi connectivity index (χ4v) is 1.79. The second-order valence-corrected chi connectivity index (χ2v) is 3.81. The van der Waals surface area contributed by atoms with E-state index < -0.39 is 0 Å². The van der Waals surface area contributed by atoms with E-state index in [1.54, 1.807) is 11.3 Å². The first-order valence-corrected chi connectivity index (χ1v) is 4.08. The van der Waals surface area contributed by atoms with Crippen molar-refractivity contribution in [3.63, 3.8) is 0 Å². The average molecular weight is 139 g/mol. The van der Waals surface area contributed by atoms with Crippen molar-refractivity contribution in [3.8, 4) is 0 Å². The monoisotopic (exact) mass is 139 g/mol. The highest BCUT2D eigenvalue weighted by Gasteiger charge is 2.40. The molecule has 0 radical (unpaired) electrons. The molecule has 0 aromatic carbocycles. The topological polar surface area (TPSA) is 12.9 Å². The number of thiazole rings is 1. The maximum Gasteiger partial charge on any atom is 0.0794 e. The summed E-state index contributed by atoms with van der Waals surface area (Å²) in [5, 5.41) is 0. The molecule has 0 N–H and O–H groups in total. The predicted molar refractivity (Wildman–Crippen MR) is 38.7 cm³/mol. The number of hydrogen-bond acceptors (Lipinski definition) is 2. The van der Waals surface area contributed by atoms with Crippen LogP contribution in [0.3, 0.4) is 0 Å². The Morgan fingerprint density at radius 2 is 2.44 bits per heavy atom. The summed E-state index contributed by atoms with van der Waals surface area (Å²) in [4.78, 5) is 5.51. The lowest BCUT2D eigenvalue weighted by Gasteiger charge is -1.99. The zero-order valence-electron chi connectivity index (χ0n) is 5.42. The summed E-state index contributed by atoms with van der Waals surface area (Å²) in [6, 6.07) is 0. The van der Waals surface area contributed by atoms with Gasteiger partial charge in [-0.05, 0) is 12.8 Å². The van der Waals surface area contributed by atoms with E-state index >= 15 is 0 Å². The summed E-state index contributed by atoms with van der Waals surface area (Å²) in [7, 11) is 0. The van der Waals surface area contributed by atoms with Crippen molar-refractivity contribution in [2.75, 3.05) is 0 Å². The first-order chi connectivity index (χ1) is 4.31. The van der Waals surface area contributed by atoms with E-state index in [9.17, 15) is 0 Å². The zero-order valence-corrected chi connectivity index (χ0v) is 6.24. The first-order valence-electron chi connectivity index (χ1n) is 3.20. The Hall–Kier alpha value is -0.370. The van der Waals surface area contributed by atoms with Crippen LogP contribution in [-0.2, 0) is 5.41 Å². The van der Waals surface area contributed by atoms with Crippen molar-refractivity contribution >= 4 is 11.3 Å². The lowest BCUT2D eigenvalue weighted by atomic mass is 10.1. The van der Waals surface area contributed by atoms with E-state index in [1.807, 2.05) is 11.7 Å². The molecular weight excluding hydrogens is 130 g/mol. The molecule has 0 saturated heterocycles. The molecule has 48 valence electrons. The van der Waals surface area contributed by atoms with Gasteiger partial charge in [0.1, 0.15) is 0 Å². The Balaban J connectivity index is 2.34. The summed E-state index contributed by atoms with van der Waals surface area (Å²) >= 11 is 1.78. The maximum atomic E-state index is 4.05. The highest BCUT2D eigenvalue weighted by atomic mass is 32.1. The second-order valence-electron chi connectivity index (χ2n) is 2.93. The van der Waals surface area contributed by atoms with Gasteiger partial charge in [0.15, 0.2) is 0 Å². The fraction of sp³-hybridized carbons (Fsp3) is 0.571. The molecule has 2 rings (SSSR count). The molecular formula is C7H9NS. The Labute approximate surface area is 58.7 Å². The highest BCUT2D eigenvalue weighted by molar-refractivity contribution is 7.09. The molecule has 0 unspecified atom stereocenters. The third-order valence-corrected chi connectivity index (χ3v) is 3.11. The minimum atomic E-state index is 0.529. The molecule has 1 nitrogen and oxygen atoms in total. The number of aromatic nitrogens is 1. The van der Waals surface area contributed by atoms with E-state index in [2.05, 4.69) is 11.9 Å². The second kappa shape index (κ2) is 1.57. The van der Waals surface area contributed by atoms with Crippen LogP contribution in [0.25, 0.3) is 0 Å². The molecule has 0 aliphatic heterocycles. The van der Waals surface area contributed by atoms with Gasteiger partial charge >= 0.3 is 0 Å². The molecule has 1 saturated carbocycles. The van der Waals surface area contributed by atoms with Crippen molar-refractivity contribution in [2.45, 2.75) is 25.2 Å². The maximum absolute atomic E-state index is 4.05. The minimum Gasteiger partial charge on any atom is -0.253 e. The van der Waals surface area contributed by atoms with Crippen LogP contribution in [-0.4, -0.2) is 4.98 Å². The third kappa shape index (κ3) is 0.778. The molecule has 0 amide bonds. The third-order valence-electron chi connectivity index (χ3n) is 2.03. The highest BCUT2D eigenvalue weighted by Crippen LogP contribution is 2.48. The standard InChI is InChI=1S/C7H9NS/c1-7(2-3-7)6-4-8-5-9-6/h4-5H,2-3H2,1H3. The number of rotatable bonds is 1. The molecule has 0 spiro atoms. The molecule has 0 bridgehead atoms. The quantitative estimate of drug-likeness (QED) is 0.581. The SMILES string of the molecule is CC1(c2cncs2)CC1. The number of nitrogens with zero attached hydrogens (tertiary/aromatic N) is 1. The summed E-state index contributed by atoms with van der Waals surface area (Å²) in [5.41, 5.74) is 2.44. The van der Waals surface area contributed by atoms with Gasteiger partial charge in [-0.25, -0.2) is 0 Å². The summed E-state index contributed by atoms with van der Waals surface area (Å²) in [6.45, 7) is 2.31. The van der Waals surface area contributed by atoms with Gasteiger partial charge < -0.3 is 0 Å². The van der Waals surface area contributed by atoms with Crippen molar-refractivity contribution in [1.29, 1.82) is 0 Å². The van der Waals surface area contributed by atoms with E-state index in [0.717, 1.165) is 0 Å². The molecule has 2 heteroatoms. The van der Waals surface area contributed by atoms with E-state index in [1.165, 1.54) is 17.7 Å². The minimum absolute atomic E-state index is 0.529. The Kier molecular flexibility index (Phi) is 0.943. The van der Waals surface area contributed by atoms with E-state index in [0.29, 0.717) is 5.41 Å². The molecule has 1 heterocycles. The van der Waals surface area contributed by atoms with Crippen molar-refractivity contribution in [3.05, 3.63) is 16.6 Å². The van der Waals surface area contributed by atoms with Crippen molar-refractivity contribution < 1.29 is 0 Å². The Bertz CT molecular complexity index is 199. The Morgan fingerprint density at radius 3 is 2.89 bits per heavy atom. The molecule has 0 atom stereocenters. The summed E-state index contributed by atoms with van der Waals surface area (Å²) < 4.78 is 0. The van der Waals surface area contributed by atoms with Gasteiger partial charge in [0.2, 0.25) is 0 Å². The molecule has 1 aromatic rings. The largest absolute Gasteiger partial charge is 0.253 e. The predicted octanol–water partition coefficient (Wildman–Crippen LogP) is 2.19. The van der Waals surface area contributed by atoms with Gasteiger partial charge in [0, 0.05) is 16.5 Å². The molecule has 1 aliphatic carbocycles. The van der Waals surface area contributed by atoms with Gasteiger partial charge in [-0.1, -0.05) is 6.92 Å². The van der Waals surface area contributed by atoms with Gasteiger partial charge in [-0.15, -0.1) is 11.3 Å². The number of hydrogen-bond donors (Lipinski definition) is 0. The van der Waals surface area contributed by atoms with Crippen LogP contribution in [0.2, 0.25) is 0 Å². The van der Waals surface area contributed by atoms with Crippen LogP contribution in [0.5, 0.6) is 0 Å². The lowest BCUT2D eigenvalue weighted by molar-refractivity contribution is 0.806. The summed E-state index contributed by atoms with van der Waals surface area (Å²) in [6.07, 6.45) is 4.71. The molecule has 1 fully saturated rings. The summed E-state index contributed by atoms with van der Waals surface area (Å²) in [5.74, 6) is 0. The van der Waals surface area contributed by atoms with Gasteiger partial charge in [-0.3, -0.25) is 4.98 Å². The van der Waals surface area contributed by atoms with Crippen LogP contribution < -0.4 is 0 Å². The van der Waals surface area contributed by atoms with E-state index in [-0.39, 0.29) is 0 Å². The molecule has 1 aromatic heterocycles. The van der Waals surface area contributed by atoms with Gasteiger partial charge in [0.25, 0.3) is 0 Å². The average Bonchev–Trinajstić information content (AvgIpc) is 2.46. The smallest absolute Gasteiger partial charge is 0.0794 e. The lowest BCUT2D eigenvalue weighted by Crippen LogP contribution is -1.93. The van der Waals surface area contributed by atoms with Crippen molar-refractivity contribution in [1.82, 2.24) is 4.98 Å². The Morgan fingerprint density at radius 1 is 1.67 bits per heavy atom. The fourth-order valence-electron chi connectivity index (χ4n) is 0.948.